The molecule has 22 heavy (non-hydrogen) atoms. The fraction of sp³-hybridized carbons (Fsp3) is 0.941. The molecule has 0 aliphatic carbocycles. The molecule has 0 unspecified atom stereocenters. The van der Waals surface area contributed by atoms with Gasteiger partial charge in [0.15, 0.2) is 0 Å². The van der Waals surface area contributed by atoms with E-state index in [4.69, 9.17) is 0 Å². The second-order valence-electron chi connectivity index (χ2n) is 8.63. The Morgan fingerprint density at radius 1 is 0.955 bits per heavy atom. The lowest BCUT2D eigenvalue weighted by atomic mass is 9.97. The van der Waals surface area contributed by atoms with Crippen LogP contribution in [0.5, 0.6) is 0 Å². The zero-order chi connectivity index (χ0) is 16.8. The van der Waals surface area contributed by atoms with E-state index in [1.54, 1.807) is 0 Å². The molecule has 1 aliphatic rings. The van der Waals surface area contributed by atoms with Crippen molar-refractivity contribution in [1.82, 2.24) is 20.4 Å². The zero-order valence-corrected chi connectivity index (χ0v) is 15.5. The molecule has 0 saturated carbocycles. The zero-order valence-electron chi connectivity index (χ0n) is 15.5. The van der Waals surface area contributed by atoms with Crippen LogP contribution in [0.3, 0.4) is 0 Å². The average molecular weight is 313 g/mol. The standard InChI is InChI=1S/C17H36N4O/c1-16(2,3)14-18-15(22)13-21-11-9-20(10-12-21)8-7-19-17(4,5)6/h19H,7-14H2,1-6H3,(H,18,22). The molecule has 1 fully saturated rings. The highest BCUT2D eigenvalue weighted by Gasteiger charge is 2.20. The van der Waals surface area contributed by atoms with Gasteiger partial charge in [0.25, 0.3) is 0 Å². The number of amides is 1. The van der Waals surface area contributed by atoms with Crippen molar-refractivity contribution in [3.05, 3.63) is 0 Å². The number of carbonyl (C=O) groups excluding carboxylic acids is 1. The summed E-state index contributed by atoms with van der Waals surface area (Å²) in [5.74, 6) is 0.151. The van der Waals surface area contributed by atoms with Gasteiger partial charge in [0.1, 0.15) is 0 Å². The Bertz CT molecular complexity index is 336. The summed E-state index contributed by atoms with van der Waals surface area (Å²) in [6, 6.07) is 0. The van der Waals surface area contributed by atoms with Crippen LogP contribution in [0.15, 0.2) is 0 Å². The van der Waals surface area contributed by atoms with Gasteiger partial charge in [0.05, 0.1) is 6.54 Å². The highest BCUT2D eigenvalue weighted by Crippen LogP contribution is 2.10. The molecule has 0 aromatic heterocycles. The fourth-order valence-corrected chi connectivity index (χ4v) is 2.38. The first-order valence-electron chi connectivity index (χ1n) is 8.52. The van der Waals surface area contributed by atoms with Gasteiger partial charge < -0.3 is 10.6 Å². The minimum absolute atomic E-state index is 0.147. The lowest BCUT2D eigenvalue weighted by Crippen LogP contribution is -2.51. The molecular formula is C17H36N4O. The Morgan fingerprint density at radius 2 is 1.50 bits per heavy atom. The van der Waals surface area contributed by atoms with E-state index in [-0.39, 0.29) is 16.9 Å². The maximum atomic E-state index is 11.9. The van der Waals surface area contributed by atoms with E-state index >= 15 is 0 Å². The Morgan fingerprint density at radius 3 is 2.00 bits per heavy atom. The molecule has 1 amide bonds. The van der Waals surface area contributed by atoms with Gasteiger partial charge >= 0.3 is 0 Å². The van der Waals surface area contributed by atoms with Crippen LogP contribution in [-0.2, 0) is 4.79 Å². The lowest BCUT2D eigenvalue weighted by Gasteiger charge is -2.35. The van der Waals surface area contributed by atoms with Crippen molar-refractivity contribution in [2.45, 2.75) is 47.1 Å². The second kappa shape index (κ2) is 8.27. The summed E-state index contributed by atoms with van der Waals surface area (Å²) in [4.78, 5) is 16.7. The number of hydrogen-bond acceptors (Lipinski definition) is 4. The van der Waals surface area contributed by atoms with Crippen LogP contribution in [0, 0.1) is 5.41 Å². The van der Waals surface area contributed by atoms with Crippen LogP contribution >= 0.6 is 0 Å². The number of nitrogens with one attached hydrogen (secondary N) is 2. The summed E-state index contributed by atoms with van der Waals surface area (Å²) in [7, 11) is 0. The first kappa shape index (κ1) is 19.4. The predicted molar refractivity (Wildman–Crippen MR) is 93.1 cm³/mol. The predicted octanol–water partition coefficient (Wildman–Crippen LogP) is 1.15. The van der Waals surface area contributed by atoms with Gasteiger partial charge in [-0.2, -0.15) is 0 Å². The van der Waals surface area contributed by atoms with Crippen molar-refractivity contribution in [2.24, 2.45) is 5.41 Å². The number of hydrogen-bond donors (Lipinski definition) is 2. The molecule has 1 saturated heterocycles. The molecule has 5 heteroatoms. The van der Waals surface area contributed by atoms with Crippen molar-refractivity contribution in [2.75, 3.05) is 52.4 Å². The second-order valence-corrected chi connectivity index (χ2v) is 8.63. The van der Waals surface area contributed by atoms with Crippen LogP contribution in [0.1, 0.15) is 41.5 Å². The van der Waals surface area contributed by atoms with Crippen LogP contribution in [-0.4, -0.2) is 73.6 Å². The summed E-state index contributed by atoms with van der Waals surface area (Å²) >= 11 is 0. The maximum absolute atomic E-state index is 11.9. The lowest BCUT2D eigenvalue weighted by molar-refractivity contribution is -0.123. The Labute approximate surface area is 136 Å². The van der Waals surface area contributed by atoms with Gasteiger partial charge in [0.2, 0.25) is 5.91 Å². The maximum Gasteiger partial charge on any atom is 0.234 e. The van der Waals surface area contributed by atoms with E-state index in [1.807, 2.05) is 0 Å². The minimum Gasteiger partial charge on any atom is -0.354 e. The van der Waals surface area contributed by atoms with Crippen LogP contribution in [0.2, 0.25) is 0 Å². The molecular weight excluding hydrogens is 276 g/mol. The SMILES string of the molecule is CC(C)(C)CNC(=O)CN1CCN(CCNC(C)(C)C)CC1. The molecule has 0 aromatic rings. The van der Waals surface area contributed by atoms with Gasteiger partial charge in [-0.25, -0.2) is 0 Å². The summed E-state index contributed by atoms with van der Waals surface area (Å²) < 4.78 is 0. The van der Waals surface area contributed by atoms with E-state index in [1.165, 1.54) is 0 Å². The van der Waals surface area contributed by atoms with E-state index in [2.05, 4.69) is 62.0 Å². The quantitative estimate of drug-likeness (QED) is 0.772. The molecule has 0 radical (unpaired) electrons. The highest BCUT2D eigenvalue weighted by molar-refractivity contribution is 5.78. The first-order chi connectivity index (χ1) is 10.1. The van der Waals surface area contributed by atoms with Crippen molar-refractivity contribution < 1.29 is 4.79 Å². The number of nitrogens with zero attached hydrogens (tertiary/aromatic N) is 2. The third-order valence-electron chi connectivity index (χ3n) is 3.73. The van der Waals surface area contributed by atoms with Gasteiger partial charge in [-0.05, 0) is 26.2 Å². The molecule has 130 valence electrons. The summed E-state index contributed by atoms with van der Waals surface area (Å²) in [5.41, 5.74) is 0.335. The van der Waals surface area contributed by atoms with Gasteiger partial charge in [-0.15, -0.1) is 0 Å². The van der Waals surface area contributed by atoms with E-state index < -0.39 is 0 Å². The number of carbonyl (C=O) groups is 1. The van der Waals surface area contributed by atoms with Crippen LogP contribution in [0.25, 0.3) is 0 Å². The molecule has 1 heterocycles. The highest BCUT2D eigenvalue weighted by atomic mass is 16.2. The summed E-state index contributed by atoms with van der Waals surface area (Å²) in [6.45, 7) is 20.5. The summed E-state index contributed by atoms with van der Waals surface area (Å²) in [5, 5.41) is 6.55. The van der Waals surface area contributed by atoms with E-state index in [0.717, 1.165) is 45.8 Å². The molecule has 1 rings (SSSR count). The van der Waals surface area contributed by atoms with Crippen LogP contribution < -0.4 is 10.6 Å². The first-order valence-corrected chi connectivity index (χ1v) is 8.52. The normalized spacial score (nSPS) is 18.5. The Hall–Kier alpha value is -0.650. The summed E-state index contributed by atoms with van der Waals surface area (Å²) in [6.07, 6.45) is 0. The van der Waals surface area contributed by atoms with Gasteiger partial charge in [-0.3, -0.25) is 14.6 Å². The largest absolute Gasteiger partial charge is 0.354 e. The van der Waals surface area contributed by atoms with Crippen molar-refractivity contribution in [1.29, 1.82) is 0 Å². The third-order valence-corrected chi connectivity index (χ3v) is 3.73. The molecule has 5 nitrogen and oxygen atoms in total. The topological polar surface area (TPSA) is 47.6 Å². The smallest absolute Gasteiger partial charge is 0.234 e. The Kier molecular flexibility index (Phi) is 7.29. The van der Waals surface area contributed by atoms with Gasteiger partial charge in [0, 0.05) is 51.4 Å². The van der Waals surface area contributed by atoms with Gasteiger partial charge in [-0.1, -0.05) is 20.8 Å². The Balaban J connectivity index is 2.16. The van der Waals surface area contributed by atoms with Crippen molar-refractivity contribution >= 4 is 5.91 Å². The van der Waals surface area contributed by atoms with Crippen molar-refractivity contribution in [3.63, 3.8) is 0 Å². The molecule has 0 spiro atoms. The molecule has 0 atom stereocenters. The van der Waals surface area contributed by atoms with Crippen LogP contribution in [0.4, 0.5) is 0 Å². The molecule has 0 bridgehead atoms. The van der Waals surface area contributed by atoms with E-state index in [9.17, 15) is 4.79 Å². The third kappa shape index (κ3) is 9.38. The number of rotatable bonds is 6. The molecule has 0 aromatic carbocycles. The molecule has 2 N–H and O–H groups in total. The molecule has 1 aliphatic heterocycles. The van der Waals surface area contributed by atoms with Crippen molar-refractivity contribution in [3.8, 4) is 0 Å². The fourth-order valence-electron chi connectivity index (χ4n) is 2.38. The average Bonchev–Trinajstić information content (AvgIpc) is 2.36. The monoisotopic (exact) mass is 312 g/mol. The number of piperazine rings is 1. The van der Waals surface area contributed by atoms with E-state index in [0.29, 0.717) is 6.54 Å². The minimum atomic E-state index is 0.147.